The molecule has 1 unspecified atom stereocenters. The number of Topliss-reactive ketones (excluding diaryl/α,β-unsaturated/α-hetero) is 1. The van der Waals surface area contributed by atoms with Crippen molar-refractivity contribution in [2.24, 2.45) is 0 Å². The van der Waals surface area contributed by atoms with Gasteiger partial charge in [-0.2, -0.15) is 0 Å². The Kier molecular flexibility index (Phi) is 2.82. The average Bonchev–Trinajstić information content (AvgIpc) is 2.84. The van der Waals surface area contributed by atoms with Gasteiger partial charge >= 0.3 is 0 Å². The summed E-state index contributed by atoms with van der Waals surface area (Å²) in [4.78, 5) is 12.5. The summed E-state index contributed by atoms with van der Waals surface area (Å²) in [5, 5.41) is 3.21. The number of carbonyl (C=O) groups is 1. The van der Waals surface area contributed by atoms with Crippen LogP contribution < -0.4 is 5.32 Å². The molecule has 0 saturated heterocycles. The highest BCUT2D eigenvalue weighted by atomic mass is 19.1. The predicted molar refractivity (Wildman–Crippen MR) is 73.0 cm³/mol. The summed E-state index contributed by atoms with van der Waals surface area (Å²) < 4.78 is 13.3. The first-order valence-electron chi connectivity index (χ1n) is 6.30. The van der Waals surface area contributed by atoms with Crippen molar-refractivity contribution in [1.29, 1.82) is 0 Å². The number of benzene rings is 2. The number of aryl methyl sites for hydroxylation is 1. The quantitative estimate of drug-likeness (QED) is 0.834. The van der Waals surface area contributed by atoms with E-state index in [4.69, 9.17) is 0 Å². The molecule has 0 saturated carbocycles. The van der Waals surface area contributed by atoms with Crippen molar-refractivity contribution < 1.29 is 9.18 Å². The van der Waals surface area contributed by atoms with Gasteiger partial charge < -0.3 is 5.32 Å². The van der Waals surface area contributed by atoms with Crippen LogP contribution >= 0.6 is 0 Å². The van der Waals surface area contributed by atoms with Crippen molar-refractivity contribution >= 4 is 11.5 Å². The highest BCUT2D eigenvalue weighted by molar-refractivity contribution is 6.03. The molecule has 0 bridgehead atoms. The Balaban J connectivity index is 1.89. The minimum Gasteiger partial charge on any atom is -0.374 e. The Morgan fingerprint density at radius 1 is 1.26 bits per heavy atom. The zero-order valence-electron chi connectivity index (χ0n) is 10.6. The van der Waals surface area contributed by atoms with Gasteiger partial charge in [-0.15, -0.1) is 0 Å². The molecule has 1 aliphatic heterocycles. The molecule has 3 rings (SSSR count). The van der Waals surface area contributed by atoms with Crippen molar-refractivity contribution in [2.75, 3.05) is 5.32 Å². The standard InChI is InChI=1S/C16H14FNO/c1-10-6-7-12(17)9-13(10)16(19)15-8-11-4-2-3-5-14(11)18-15/h2-7,9,15,18H,8H2,1H3. The second-order valence-corrected chi connectivity index (χ2v) is 4.88. The van der Waals surface area contributed by atoms with Gasteiger partial charge in [0.25, 0.3) is 0 Å². The summed E-state index contributed by atoms with van der Waals surface area (Å²) in [6.45, 7) is 1.83. The lowest BCUT2D eigenvalue weighted by atomic mass is 9.97. The van der Waals surface area contributed by atoms with Crippen molar-refractivity contribution in [1.82, 2.24) is 0 Å². The SMILES string of the molecule is Cc1ccc(F)cc1C(=O)C1Cc2ccccc2N1. The lowest BCUT2D eigenvalue weighted by Gasteiger charge is -2.12. The van der Waals surface area contributed by atoms with Gasteiger partial charge in [-0.05, 0) is 36.2 Å². The van der Waals surface area contributed by atoms with Gasteiger partial charge in [-0.3, -0.25) is 4.79 Å². The number of fused-ring (bicyclic) bond motifs is 1. The third-order valence-corrected chi connectivity index (χ3v) is 3.55. The summed E-state index contributed by atoms with van der Waals surface area (Å²) in [6.07, 6.45) is 0.658. The molecule has 0 radical (unpaired) electrons. The van der Waals surface area contributed by atoms with Crippen molar-refractivity contribution in [3.05, 3.63) is 65.0 Å². The maximum atomic E-state index is 13.3. The molecule has 1 atom stereocenters. The van der Waals surface area contributed by atoms with E-state index < -0.39 is 0 Å². The van der Waals surface area contributed by atoms with Crippen LogP contribution in [0.2, 0.25) is 0 Å². The van der Waals surface area contributed by atoms with E-state index in [0.29, 0.717) is 12.0 Å². The average molecular weight is 255 g/mol. The lowest BCUT2D eigenvalue weighted by Crippen LogP contribution is -2.27. The molecule has 0 aromatic heterocycles. The van der Waals surface area contributed by atoms with E-state index in [0.717, 1.165) is 16.8 Å². The Morgan fingerprint density at radius 3 is 2.84 bits per heavy atom. The summed E-state index contributed by atoms with van der Waals surface area (Å²) in [5.41, 5.74) is 3.40. The second kappa shape index (κ2) is 4.50. The molecule has 1 N–H and O–H groups in total. The number of hydrogen-bond acceptors (Lipinski definition) is 2. The zero-order chi connectivity index (χ0) is 13.4. The Bertz CT molecular complexity index is 626. The first kappa shape index (κ1) is 11.9. The Morgan fingerprint density at radius 2 is 2.05 bits per heavy atom. The summed E-state index contributed by atoms with van der Waals surface area (Å²) in [7, 11) is 0. The number of ketones is 1. The molecular weight excluding hydrogens is 241 g/mol. The monoisotopic (exact) mass is 255 g/mol. The minimum absolute atomic E-state index is 0.0480. The second-order valence-electron chi connectivity index (χ2n) is 4.88. The number of halogens is 1. The van der Waals surface area contributed by atoms with Crippen LogP contribution in [0.4, 0.5) is 10.1 Å². The Hall–Kier alpha value is -2.16. The lowest BCUT2D eigenvalue weighted by molar-refractivity contribution is 0.0970. The van der Waals surface area contributed by atoms with E-state index >= 15 is 0 Å². The first-order valence-corrected chi connectivity index (χ1v) is 6.30. The predicted octanol–water partition coefficient (Wildman–Crippen LogP) is 3.35. The minimum atomic E-state index is -0.371. The molecule has 1 aliphatic rings. The van der Waals surface area contributed by atoms with E-state index in [2.05, 4.69) is 5.32 Å². The number of nitrogens with one attached hydrogen (secondary N) is 1. The maximum Gasteiger partial charge on any atom is 0.185 e. The van der Waals surface area contributed by atoms with Gasteiger partial charge in [0.15, 0.2) is 5.78 Å². The van der Waals surface area contributed by atoms with Gasteiger partial charge in [0.2, 0.25) is 0 Å². The van der Waals surface area contributed by atoms with Gasteiger partial charge in [0, 0.05) is 17.7 Å². The topological polar surface area (TPSA) is 29.1 Å². The molecule has 0 spiro atoms. The third kappa shape index (κ3) is 2.12. The number of para-hydroxylation sites is 1. The van der Waals surface area contributed by atoms with Crippen LogP contribution in [-0.4, -0.2) is 11.8 Å². The van der Waals surface area contributed by atoms with Crippen molar-refractivity contribution in [2.45, 2.75) is 19.4 Å². The molecule has 0 fully saturated rings. The van der Waals surface area contributed by atoms with E-state index in [1.165, 1.54) is 12.1 Å². The van der Waals surface area contributed by atoms with Gasteiger partial charge in [0.1, 0.15) is 5.82 Å². The van der Waals surface area contributed by atoms with E-state index in [1.54, 1.807) is 6.07 Å². The van der Waals surface area contributed by atoms with Crippen LogP contribution in [0, 0.1) is 12.7 Å². The number of hydrogen-bond donors (Lipinski definition) is 1. The van der Waals surface area contributed by atoms with Gasteiger partial charge in [-0.1, -0.05) is 24.3 Å². The van der Waals surface area contributed by atoms with Crippen LogP contribution in [0.25, 0.3) is 0 Å². The molecule has 2 aromatic rings. The maximum absolute atomic E-state index is 13.3. The fourth-order valence-corrected chi connectivity index (χ4v) is 2.50. The zero-order valence-corrected chi connectivity index (χ0v) is 10.6. The van der Waals surface area contributed by atoms with Gasteiger partial charge in [0.05, 0.1) is 6.04 Å². The summed E-state index contributed by atoms with van der Waals surface area (Å²) >= 11 is 0. The molecule has 0 amide bonds. The highest BCUT2D eigenvalue weighted by Crippen LogP contribution is 2.27. The van der Waals surface area contributed by atoms with Crippen LogP contribution in [0.3, 0.4) is 0 Å². The number of carbonyl (C=O) groups excluding carboxylic acids is 1. The smallest absolute Gasteiger partial charge is 0.185 e. The molecular formula is C16H14FNO. The fraction of sp³-hybridized carbons (Fsp3) is 0.188. The molecule has 0 aliphatic carbocycles. The van der Waals surface area contributed by atoms with E-state index in [1.807, 2.05) is 31.2 Å². The normalized spacial score (nSPS) is 16.8. The fourth-order valence-electron chi connectivity index (χ4n) is 2.50. The van der Waals surface area contributed by atoms with Crippen LogP contribution in [0.5, 0.6) is 0 Å². The third-order valence-electron chi connectivity index (χ3n) is 3.55. The van der Waals surface area contributed by atoms with E-state index in [-0.39, 0.29) is 17.6 Å². The first-order chi connectivity index (χ1) is 9.15. The largest absolute Gasteiger partial charge is 0.374 e. The number of anilines is 1. The van der Waals surface area contributed by atoms with E-state index in [9.17, 15) is 9.18 Å². The number of rotatable bonds is 2. The summed E-state index contributed by atoms with van der Waals surface area (Å²) in [6, 6.07) is 11.9. The van der Waals surface area contributed by atoms with Crippen molar-refractivity contribution in [3.63, 3.8) is 0 Å². The van der Waals surface area contributed by atoms with Crippen LogP contribution in [-0.2, 0) is 6.42 Å². The van der Waals surface area contributed by atoms with Crippen LogP contribution in [0.1, 0.15) is 21.5 Å². The van der Waals surface area contributed by atoms with Gasteiger partial charge in [-0.25, -0.2) is 4.39 Å². The van der Waals surface area contributed by atoms with Crippen molar-refractivity contribution in [3.8, 4) is 0 Å². The molecule has 2 aromatic carbocycles. The highest BCUT2D eigenvalue weighted by Gasteiger charge is 2.28. The molecule has 96 valence electrons. The molecule has 1 heterocycles. The summed E-state index contributed by atoms with van der Waals surface area (Å²) in [5.74, 6) is -0.419. The van der Waals surface area contributed by atoms with Crippen LogP contribution in [0.15, 0.2) is 42.5 Å². The Labute approximate surface area is 111 Å². The molecule has 3 heteroatoms. The molecule has 19 heavy (non-hydrogen) atoms. The molecule has 2 nitrogen and oxygen atoms in total.